The molecule has 5 amide bonds. The van der Waals surface area contributed by atoms with Crippen molar-refractivity contribution in [2.75, 3.05) is 192 Å². The Morgan fingerprint density at radius 2 is 0.608 bits per heavy atom. The fraction of sp³-hybridized carbons (Fsp3) is 0.500. The van der Waals surface area contributed by atoms with Gasteiger partial charge in [0.05, 0.1) is 132 Å². The lowest BCUT2D eigenvalue weighted by atomic mass is 10.2. The van der Waals surface area contributed by atoms with Crippen molar-refractivity contribution in [3.05, 3.63) is 173 Å². The van der Waals surface area contributed by atoms with E-state index >= 15 is 0 Å². The van der Waals surface area contributed by atoms with Crippen molar-refractivity contribution in [2.24, 2.45) is 41.5 Å². The lowest BCUT2D eigenvalue weighted by Crippen LogP contribution is -2.34. The highest BCUT2D eigenvalue weighted by atomic mass is 16.6. The number of carbonyl (C=O) groups is 6. The molecular weight excluding hydrogens is 1550 g/mol. The lowest BCUT2D eigenvalue weighted by molar-refractivity contribution is 0.0396. The van der Waals surface area contributed by atoms with E-state index in [0.717, 1.165) is 36.7 Å². The number of benzene rings is 6. The Morgan fingerprint density at radius 1 is 0.367 bits per heavy atom. The number of alkyl carbamates (subject to hydrolysis) is 3. The van der Waals surface area contributed by atoms with Gasteiger partial charge >= 0.3 is 24.2 Å². The predicted octanol–water partition coefficient (Wildman–Crippen LogP) is 13.9. The molecule has 36 heteroatoms. The number of nitrogens with one attached hydrogen (secondary N) is 5. The van der Waals surface area contributed by atoms with E-state index < -0.39 is 41.1 Å². The first-order valence-electron chi connectivity index (χ1n) is 39.7. The molecule has 0 aromatic heterocycles. The van der Waals surface area contributed by atoms with Gasteiger partial charge in [-0.3, -0.25) is 9.59 Å². The van der Waals surface area contributed by atoms with E-state index in [0.29, 0.717) is 190 Å². The fourth-order valence-electron chi connectivity index (χ4n) is 9.77. The number of hydrogen-bond donors (Lipinski definition) is 9. The average Bonchev–Trinajstić information content (AvgIpc) is 0.874. The first kappa shape index (κ1) is 103. The number of hydrogen-bond acceptors (Lipinski definition) is 28. The van der Waals surface area contributed by atoms with Crippen LogP contribution in [0.5, 0.6) is 0 Å². The number of anilines is 3. The summed E-state index contributed by atoms with van der Waals surface area (Å²) in [5, 5.41) is 69.3. The van der Waals surface area contributed by atoms with Crippen LogP contribution in [0.2, 0.25) is 0 Å². The highest BCUT2D eigenvalue weighted by Crippen LogP contribution is 2.27. The number of azo groups is 3. The summed E-state index contributed by atoms with van der Waals surface area (Å²) in [4.78, 5) is 78.7. The quantitative estimate of drug-likeness (QED) is 0.00563. The standard InChI is InChI=1S/C28H40N8O5.C28H41N5O6.C17H19N3O3.C11H24N2O4/c1-5-36(17-14-32-35-29)25-12-10-24(11-13-25)34-33-23-8-6-22(7-9-23)26(37)30-15-18-39-20-21-40-19-16-31-27(38)41-28(2,3)4;1-5-33(16-17-34)25-12-10-24(11-13-25)32-31-23-8-6-22(7-9-23)26(35)29-14-18-37-20-21-38-19-15-30-27(36)39-28(2,3)4;1-2-20(11-12-21)16-9-7-15(8-10-16)19-18-14-5-3-13(4-6-14)17(22)23;1-11(2,3)17-10(14)13-5-7-16-9-8-15-6-4-12/h6-13H,5,14-21H2,1-4H3,(H,30,37)(H,31,38);6-13,34H,5,14-21H2,1-4H3,(H,29,35)(H,30,36);3-10,21H,2,11-12H2,1H3,(H,22,23);4-9,12H2,1-3H3,(H,13,14). The van der Waals surface area contributed by atoms with Gasteiger partial charge in [-0.15, -0.1) is 0 Å². The Morgan fingerprint density at radius 3 is 0.842 bits per heavy atom. The van der Waals surface area contributed by atoms with Crippen molar-refractivity contribution in [1.29, 1.82) is 0 Å². The van der Waals surface area contributed by atoms with Crippen LogP contribution in [-0.2, 0) is 42.6 Å². The van der Waals surface area contributed by atoms with Crippen LogP contribution in [0.1, 0.15) is 114 Å². The SMILES string of the molecule is CC(C)(C)OC(=O)NCCOCCOCCN.CCN(CCN=[N+]=[N-])c1ccc(N=Nc2ccc(C(=O)NCCOCCOCCNC(=O)OC(C)(C)C)cc2)cc1.CCN(CCO)c1ccc(N=Nc2ccc(C(=O)NCCOCCOCCNC(=O)OC(C)(C)C)cc2)cc1.CCN(CCO)c1ccc(N=Nc2ccc(C(=O)O)cc2)cc1. The van der Waals surface area contributed by atoms with E-state index in [1.165, 1.54) is 12.1 Å². The second-order valence-corrected chi connectivity index (χ2v) is 28.5. The van der Waals surface area contributed by atoms with Crippen molar-refractivity contribution >= 4 is 87.2 Å². The number of azide groups is 1. The Kier molecular flexibility index (Phi) is 51.6. The minimum Gasteiger partial charge on any atom is -0.478 e. The molecule has 0 aliphatic carbocycles. The summed E-state index contributed by atoms with van der Waals surface area (Å²) in [5.41, 5.74) is 20.4. The molecule has 0 heterocycles. The number of rotatable bonds is 48. The molecule has 0 radical (unpaired) electrons. The molecular formula is C84H124N18O18. The number of aliphatic hydroxyl groups is 2. The molecule has 658 valence electrons. The average molecular weight is 1670 g/mol. The maximum atomic E-state index is 12.4. The minimum absolute atomic E-state index is 0.103. The Labute approximate surface area is 703 Å². The molecule has 0 unspecified atom stereocenters. The van der Waals surface area contributed by atoms with Gasteiger partial charge in [0.25, 0.3) is 11.8 Å². The predicted molar refractivity (Wildman–Crippen MR) is 461 cm³/mol. The molecule has 6 aromatic carbocycles. The molecule has 0 aliphatic heterocycles. The summed E-state index contributed by atoms with van der Waals surface area (Å²) in [6, 6.07) is 42.8. The number of carboxylic acid groups (broad SMARTS) is 1. The molecule has 0 atom stereocenters. The van der Waals surface area contributed by atoms with Crippen LogP contribution in [0.4, 0.5) is 65.6 Å². The number of nitrogens with two attached hydrogens (primary N) is 1. The molecule has 0 saturated carbocycles. The third kappa shape index (κ3) is 49.2. The van der Waals surface area contributed by atoms with Crippen LogP contribution in [0.25, 0.3) is 10.4 Å². The number of aliphatic hydroxyl groups excluding tert-OH is 2. The zero-order chi connectivity index (χ0) is 88.2. The Bertz CT molecular complexity index is 3990. The summed E-state index contributed by atoms with van der Waals surface area (Å²) < 4.78 is 47.3. The highest BCUT2D eigenvalue weighted by molar-refractivity contribution is 5.95. The van der Waals surface area contributed by atoms with Gasteiger partial charge in [0.1, 0.15) is 16.8 Å². The van der Waals surface area contributed by atoms with Gasteiger partial charge in [0.15, 0.2) is 0 Å². The van der Waals surface area contributed by atoms with E-state index in [1.807, 2.05) is 114 Å². The number of aromatic carboxylic acids is 1. The first-order valence-corrected chi connectivity index (χ1v) is 39.7. The number of ether oxygens (including phenoxy) is 9. The molecule has 36 nitrogen and oxygen atoms in total. The highest BCUT2D eigenvalue weighted by Gasteiger charge is 2.19. The van der Waals surface area contributed by atoms with Gasteiger partial charge in [-0.25, -0.2) is 19.2 Å². The van der Waals surface area contributed by atoms with Gasteiger partial charge in [0.2, 0.25) is 0 Å². The molecule has 10 N–H and O–H groups in total. The van der Waals surface area contributed by atoms with Crippen molar-refractivity contribution in [3.63, 3.8) is 0 Å². The Balaban J connectivity index is 0.000000436. The maximum absolute atomic E-state index is 12.4. The Hall–Kier alpha value is -11.3. The molecule has 0 saturated heterocycles. The third-order valence-corrected chi connectivity index (χ3v) is 15.5. The van der Waals surface area contributed by atoms with Crippen molar-refractivity contribution in [3.8, 4) is 0 Å². The summed E-state index contributed by atoms with van der Waals surface area (Å²) >= 11 is 0. The largest absolute Gasteiger partial charge is 0.478 e. The normalized spacial score (nSPS) is 11.2. The molecule has 0 bridgehead atoms. The van der Waals surface area contributed by atoms with Crippen molar-refractivity contribution in [2.45, 2.75) is 99.9 Å². The van der Waals surface area contributed by atoms with Gasteiger partial charge in [-0.05, 0) is 234 Å². The van der Waals surface area contributed by atoms with Crippen molar-refractivity contribution < 1.29 is 86.7 Å². The summed E-state index contributed by atoms with van der Waals surface area (Å²) in [5.74, 6) is -1.38. The van der Waals surface area contributed by atoms with Crippen LogP contribution in [0.15, 0.2) is 181 Å². The fourth-order valence-corrected chi connectivity index (χ4v) is 9.77. The molecule has 0 fully saturated rings. The maximum Gasteiger partial charge on any atom is 0.407 e. The van der Waals surface area contributed by atoms with Crippen molar-refractivity contribution in [1.82, 2.24) is 26.6 Å². The topological polar surface area (TPSA) is 465 Å². The summed E-state index contributed by atoms with van der Waals surface area (Å²) in [7, 11) is 0. The van der Waals surface area contributed by atoms with E-state index in [1.54, 1.807) is 102 Å². The lowest BCUT2D eigenvalue weighted by Gasteiger charge is -2.22. The zero-order valence-electron chi connectivity index (χ0n) is 71.4. The summed E-state index contributed by atoms with van der Waals surface area (Å²) in [6.45, 7) is 34.5. The van der Waals surface area contributed by atoms with Gasteiger partial charge in [-0.2, -0.15) is 30.7 Å². The number of carbonyl (C=O) groups excluding carboxylic acids is 5. The van der Waals surface area contributed by atoms with E-state index in [4.69, 9.17) is 69.2 Å². The third-order valence-electron chi connectivity index (χ3n) is 15.5. The zero-order valence-corrected chi connectivity index (χ0v) is 71.4. The molecule has 120 heavy (non-hydrogen) atoms. The smallest absolute Gasteiger partial charge is 0.407 e. The van der Waals surface area contributed by atoms with Gasteiger partial charge in [-0.1, -0.05) is 5.11 Å². The molecule has 0 aliphatic rings. The molecule has 6 aromatic rings. The van der Waals surface area contributed by atoms with E-state index in [-0.39, 0.29) is 30.6 Å². The van der Waals surface area contributed by atoms with Crippen LogP contribution >= 0.6 is 0 Å². The van der Waals surface area contributed by atoms with Crippen LogP contribution in [0.3, 0.4) is 0 Å². The van der Waals surface area contributed by atoms with Crippen LogP contribution in [0, 0.1) is 0 Å². The van der Waals surface area contributed by atoms with Gasteiger partial charge < -0.3 is 105 Å². The second-order valence-electron chi connectivity index (χ2n) is 28.5. The minimum atomic E-state index is -0.965. The van der Waals surface area contributed by atoms with E-state index in [2.05, 4.69) is 82.0 Å². The summed E-state index contributed by atoms with van der Waals surface area (Å²) in [6.07, 6.45) is -1.38. The molecule has 0 spiro atoms. The number of nitrogens with zero attached hydrogens (tertiary/aromatic N) is 12. The number of likely N-dealkylation sites (N-methyl/N-ethyl adjacent to an activating group) is 3. The first-order chi connectivity index (χ1) is 57.5. The van der Waals surface area contributed by atoms with Crippen LogP contribution in [-0.4, -0.2) is 246 Å². The number of carboxylic acids is 1. The van der Waals surface area contributed by atoms with Gasteiger partial charge in [0, 0.05) is 118 Å². The second kappa shape index (κ2) is 60.2. The monoisotopic (exact) mass is 1670 g/mol. The number of amides is 5. The van der Waals surface area contributed by atoms with Crippen LogP contribution < -0.4 is 47.0 Å². The molecule has 6 rings (SSSR count). The van der Waals surface area contributed by atoms with E-state index in [9.17, 15) is 28.8 Å².